The molecule has 4 aliphatic heterocycles. The van der Waals surface area contributed by atoms with Gasteiger partial charge in [-0.05, 0) is 166 Å². The van der Waals surface area contributed by atoms with Crippen LogP contribution in [0.3, 0.4) is 0 Å². The Morgan fingerprint density at radius 3 is 1.28 bits per heavy atom. The number of amides is 8. The van der Waals surface area contributed by atoms with E-state index >= 15 is 0 Å². The van der Waals surface area contributed by atoms with Crippen LogP contribution in [0.4, 0.5) is 22.7 Å². The molecule has 9 N–H and O–H groups in total. The minimum absolute atomic E-state index is 0. The van der Waals surface area contributed by atoms with E-state index in [9.17, 15) is 38.4 Å². The molecule has 0 radical (unpaired) electrons. The number of nitrogens with zero attached hydrogens (tertiary/aromatic N) is 6. The number of nitrogens with two attached hydrogens (primary N) is 2. The Hall–Kier alpha value is -8.71. The fourth-order valence-electron chi connectivity index (χ4n) is 13.1. The molecule has 4 aromatic heterocycles. The van der Waals surface area contributed by atoms with Gasteiger partial charge in [-0.1, -0.05) is 60.7 Å². The first kappa shape index (κ1) is 73.5. The molecule has 21 nitrogen and oxygen atoms in total. The molecular weight excluding hydrogens is 1300 g/mol. The van der Waals surface area contributed by atoms with Gasteiger partial charge in [0, 0.05) is 105 Å². The van der Waals surface area contributed by atoms with Crippen LogP contribution in [0.15, 0.2) is 131 Å². The average molecular weight is 1390 g/mol. The number of rotatable bonds is 20. The number of benzene rings is 4. The SMILES string of the molecule is CC(C)n1cc(C[C@@H](NC(=O)C(C)(C)N)C(=O)NC2Cc3cccc(N4CCCC4=O)c3N(Cc3ccsc3)C2=O)c2ccccc21.CC(C)n1cc(C[C@@H](NC(=O)C(C)(C)N)C(=O)NC2Cc3cccc(N4CCCC4=O)c3N(Cc3ccsc3)C2=O)c2ccccc21.CCO.Cl. The standard InChI is InChI=1S/2C36H42N6O4S.C2H6O.ClH/c2*1-22(2)41-20-25(26-10-5-6-11-29(26)41)18-27(39-35(46)36(3,4)37)33(44)38-28-17-24-9-7-12-30(40-15-8-13-31(40)43)32(24)42(34(28)45)19-23-14-16-47-21-23;1-2-3;/h2*5-7,9-12,14,16,20-22,27-28H,8,13,15,17-19,37H2,1-4H3,(H,38,44)(H,39,46);3H,2H2,1H3;1H/t2*27-,28?;;/m11../s1. The largest absolute Gasteiger partial charge is 0.397 e. The van der Waals surface area contributed by atoms with Gasteiger partial charge in [0.15, 0.2) is 0 Å². The molecule has 0 bridgehead atoms. The minimum Gasteiger partial charge on any atom is -0.397 e. The van der Waals surface area contributed by atoms with Crippen LogP contribution in [0.25, 0.3) is 21.8 Å². The third-order valence-electron chi connectivity index (χ3n) is 17.9. The van der Waals surface area contributed by atoms with Crippen LogP contribution >= 0.6 is 35.1 Å². The van der Waals surface area contributed by atoms with Crippen molar-refractivity contribution in [1.82, 2.24) is 30.4 Å². The summed E-state index contributed by atoms with van der Waals surface area (Å²) >= 11 is 3.09. The molecular formula is C74H91ClN12O9S2. The van der Waals surface area contributed by atoms with Crippen LogP contribution in [0.5, 0.6) is 0 Å². The zero-order valence-corrected chi connectivity index (χ0v) is 59.6. The highest BCUT2D eigenvalue weighted by Crippen LogP contribution is 2.42. The number of carbonyl (C=O) groups is 8. The van der Waals surface area contributed by atoms with E-state index in [4.69, 9.17) is 16.6 Å². The summed E-state index contributed by atoms with van der Waals surface area (Å²) in [5, 5.41) is 29.2. The summed E-state index contributed by atoms with van der Waals surface area (Å²) in [6, 6.07) is 28.1. The summed E-state index contributed by atoms with van der Waals surface area (Å²) in [4.78, 5) is 116. The topological polar surface area (TPSA) is 280 Å². The first-order chi connectivity index (χ1) is 46.2. The first-order valence-electron chi connectivity index (χ1n) is 33.3. The van der Waals surface area contributed by atoms with Crippen LogP contribution in [0.2, 0.25) is 0 Å². The normalized spacial score (nSPS) is 16.8. The summed E-state index contributed by atoms with van der Waals surface area (Å²) in [5.41, 5.74) is 20.2. The van der Waals surface area contributed by atoms with Crippen LogP contribution in [-0.4, -0.2) is 116 Å². The van der Waals surface area contributed by atoms with Crippen molar-refractivity contribution < 1.29 is 43.5 Å². The van der Waals surface area contributed by atoms with Crippen molar-refractivity contribution in [2.45, 2.75) is 174 Å². The summed E-state index contributed by atoms with van der Waals surface area (Å²) in [6.07, 6.45) is 7.48. The number of para-hydroxylation sites is 4. The van der Waals surface area contributed by atoms with Gasteiger partial charge in [-0.15, -0.1) is 12.4 Å². The van der Waals surface area contributed by atoms with Crippen molar-refractivity contribution in [2.24, 2.45) is 11.5 Å². The average Bonchev–Trinajstić information content (AvgIpc) is 0.878. The van der Waals surface area contributed by atoms with Gasteiger partial charge in [0.1, 0.15) is 24.2 Å². The monoisotopic (exact) mass is 1390 g/mol. The molecule has 0 aliphatic carbocycles. The molecule has 98 heavy (non-hydrogen) atoms. The van der Waals surface area contributed by atoms with Gasteiger partial charge in [0.05, 0.1) is 46.9 Å². The Kier molecular flexibility index (Phi) is 23.6. The number of hydrogen-bond acceptors (Lipinski definition) is 13. The summed E-state index contributed by atoms with van der Waals surface area (Å²) in [5.74, 6) is -2.32. The van der Waals surface area contributed by atoms with Gasteiger partial charge >= 0.3 is 0 Å². The Labute approximate surface area is 586 Å². The fourth-order valence-corrected chi connectivity index (χ4v) is 14.4. The minimum atomic E-state index is -1.22. The van der Waals surface area contributed by atoms with E-state index in [1.165, 1.54) is 0 Å². The maximum atomic E-state index is 14.3. The van der Waals surface area contributed by atoms with E-state index in [0.717, 1.165) is 79.4 Å². The predicted molar refractivity (Wildman–Crippen MR) is 391 cm³/mol. The maximum Gasteiger partial charge on any atom is 0.250 e. The highest BCUT2D eigenvalue weighted by Gasteiger charge is 2.42. The molecule has 2 unspecified atom stereocenters. The third kappa shape index (κ3) is 16.4. The quantitative estimate of drug-likeness (QED) is 0.0377. The second kappa shape index (κ2) is 31.4. The van der Waals surface area contributed by atoms with E-state index in [1.807, 2.05) is 131 Å². The van der Waals surface area contributed by atoms with Crippen molar-refractivity contribution in [3.63, 3.8) is 0 Å². The molecule has 2 saturated heterocycles. The number of hydrogen-bond donors (Lipinski definition) is 7. The lowest BCUT2D eigenvalue weighted by molar-refractivity contribution is -0.133. The van der Waals surface area contributed by atoms with Gasteiger partial charge in [-0.3, -0.25) is 38.4 Å². The number of thiophene rings is 2. The Morgan fingerprint density at radius 2 is 0.949 bits per heavy atom. The second-order valence-electron chi connectivity index (χ2n) is 27.1. The fraction of sp³-hybridized carbons (Fsp3) is 0.405. The van der Waals surface area contributed by atoms with Crippen LogP contribution in [0.1, 0.15) is 133 Å². The lowest BCUT2D eigenvalue weighted by Crippen LogP contribution is -2.60. The Bertz CT molecular complexity index is 3940. The molecule has 4 aliphatic rings. The molecule has 0 spiro atoms. The number of aliphatic hydroxyl groups is 1. The second-order valence-corrected chi connectivity index (χ2v) is 28.6. The van der Waals surface area contributed by atoms with Crippen LogP contribution in [0, 0.1) is 0 Å². The highest BCUT2D eigenvalue weighted by atomic mass is 35.5. The van der Waals surface area contributed by atoms with Crippen molar-refractivity contribution in [1.29, 1.82) is 0 Å². The van der Waals surface area contributed by atoms with E-state index in [1.54, 1.807) is 76.9 Å². The number of aromatic nitrogens is 2. The number of fused-ring (bicyclic) bond motifs is 4. The van der Waals surface area contributed by atoms with Crippen molar-refractivity contribution in [3.8, 4) is 0 Å². The summed E-state index contributed by atoms with van der Waals surface area (Å²) in [6.45, 7) is 18.5. The van der Waals surface area contributed by atoms with E-state index in [2.05, 4.69) is 58.1 Å². The molecule has 8 amide bonds. The van der Waals surface area contributed by atoms with Gasteiger partial charge in [0.25, 0.3) is 0 Å². The van der Waals surface area contributed by atoms with E-state index in [0.29, 0.717) is 50.4 Å². The highest BCUT2D eigenvalue weighted by molar-refractivity contribution is 7.08. The molecule has 4 atom stereocenters. The van der Waals surface area contributed by atoms with Gasteiger partial charge < -0.3 is 66.6 Å². The molecule has 8 heterocycles. The Balaban J connectivity index is 0.000000218. The van der Waals surface area contributed by atoms with Crippen molar-refractivity contribution in [3.05, 3.63) is 164 Å². The molecule has 0 saturated carbocycles. The molecule has 2 fully saturated rings. The molecule has 24 heteroatoms. The van der Waals surface area contributed by atoms with Crippen LogP contribution < -0.4 is 52.3 Å². The zero-order chi connectivity index (χ0) is 69.6. The molecule has 520 valence electrons. The molecule has 12 rings (SSSR count). The maximum absolute atomic E-state index is 14.3. The van der Waals surface area contributed by atoms with Crippen molar-refractivity contribution >= 4 is 127 Å². The lowest BCUT2D eigenvalue weighted by atomic mass is 9.94. The molecule has 8 aromatic rings. The lowest BCUT2D eigenvalue weighted by Gasteiger charge is -2.37. The Morgan fingerprint density at radius 1 is 0.571 bits per heavy atom. The van der Waals surface area contributed by atoms with E-state index < -0.39 is 58.9 Å². The number of halogens is 1. The number of nitrogens with one attached hydrogen (secondary N) is 4. The van der Waals surface area contributed by atoms with Gasteiger partial charge in [-0.2, -0.15) is 22.7 Å². The molecule has 4 aromatic carbocycles. The number of anilines is 4. The predicted octanol–water partition coefficient (Wildman–Crippen LogP) is 9.32. The zero-order valence-electron chi connectivity index (χ0n) is 57.1. The number of carbonyl (C=O) groups excluding carboxylic acids is 8. The summed E-state index contributed by atoms with van der Waals surface area (Å²) in [7, 11) is 0. The van der Waals surface area contributed by atoms with E-state index in [-0.39, 0.29) is 80.4 Å². The van der Waals surface area contributed by atoms with Gasteiger partial charge in [-0.25, -0.2) is 0 Å². The van der Waals surface area contributed by atoms with Crippen LogP contribution in [-0.2, 0) is 77.1 Å². The number of aliphatic hydroxyl groups excluding tert-OH is 1. The summed E-state index contributed by atoms with van der Waals surface area (Å²) < 4.78 is 4.31. The van der Waals surface area contributed by atoms with Crippen molar-refractivity contribution in [2.75, 3.05) is 39.3 Å². The smallest absolute Gasteiger partial charge is 0.250 e. The first-order valence-corrected chi connectivity index (χ1v) is 35.2. The third-order valence-corrected chi connectivity index (χ3v) is 19.4. The van der Waals surface area contributed by atoms with Gasteiger partial charge in [0.2, 0.25) is 47.3 Å².